The van der Waals surface area contributed by atoms with Crippen molar-refractivity contribution >= 4 is 21.5 Å². The number of hydrogen-bond donors (Lipinski definition) is 0. The summed E-state index contributed by atoms with van der Waals surface area (Å²) in [6.07, 6.45) is 9.01. The van der Waals surface area contributed by atoms with E-state index in [1.54, 1.807) is 18.3 Å². The average molecular weight is 393 g/mol. The van der Waals surface area contributed by atoms with E-state index in [1.165, 1.54) is 6.26 Å². The van der Waals surface area contributed by atoms with Crippen LogP contribution in [0.3, 0.4) is 0 Å². The van der Waals surface area contributed by atoms with Gasteiger partial charge >= 0.3 is 0 Å². The molecule has 0 bridgehead atoms. The molecule has 0 aromatic carbocycles. The van der Waals surface area contributed by atoms with Gasteiger partial charge in [0.1, 0.15) is 5.78 Å². The third-order valence-corrected chi connectivity index (χ3v) is 6.97. The molecule has 1 saturated heterocycles. The van der Waals surface area contributed by atoms with Crippen LogP contribution >= 0.6 is 0 Å². The van der Waals surface area contributed by atoms with Gasteiger partial charge in [0.2, 0.25) is 5.91 Å². The Morgan fingerprint density at radius 1 is 1.22 bits per heavy atom. The Hall–Kier alpha value is -1.76. The number of likely N-dealkylation sites (tertiary alicyclic amines) is 1. The van der Waals surface area contributed by atoms with E-state index in [2.05, 4.69) is 4.98 Å². The van der Waals surface area contributed by atoms with E-state index < -0.39 is 9.84 Å². The van der Waals surface area contributed by atoms with E-state index in [-0.39, 0.29) is 17.7 Å². The van der Waals surface area contributed by atoms with Crippen LogP contribution in [0, 0.1) is 5.92 Å². The fourth-order valence-electron chi connectivity index (χ4n) is 4.24. The van der Waals surface area contributed by atoms with Crippen molar-refractivity contribution in [1.82, 2.24) is 9.88 Å². The molecule has 27 heavy (non-hydrogen) atoms. The maximum absolute atomic E-state index is 12.5. The van der Waals surface area contributed by atoms with Crippen LogP contribution < -0.4 is 0 Å². The lowest BCUT2D eigenvalue weighted by Gasteiger charge is -2.32. The summed E-state index contributed by atoms with van der Waals surface area (Å²) in [5, 5.41) is 0. The SMILES string of the molecule is CS(=O)(=O)c1cccnc1C1CCN(C(=O)CCC2CCCCC2=O)CC1. The molecule has 0 spiro atoms. The number of ketones is 1. The van der Waals surface area contributed by atoms with Crippen LogP contribution in [-0.4, -0.2) is 49.3 Å². The molecule has 7 heteroatoms. The molecule has 1 aromatic rings. The molecule has 1 aliphatic heterocycles. The number of Topliss-reactive ketones (excluding diaryl/α,β-unsaturated/α-hetero) is 1. The predicted octanol–water partition coefficient (Wildman–Crippen LogP) is 2.73. The standard InChI is InChI=1S/C20H28N2O4S/c1-27(25,26)18-7-4-12-21-20(18)16-10-13-22(14-11-16)19(24)9-8-15-5-2-3-6-17(15)23/h4,7,12,15-16H,2-3,5-6,8-11,13-14H2,1H3. The van der Waals surface area contributed by atoms with Crippen molar-refractivity contribution in [3.8, 4) is 0 Å². The predicted molar refractivity (Wildman–Crippen MR) is 102 cm³/mol. The maximum atomic E-state index is 12.5. The van der Waals surface area contributed by atoms with Gasteiger partial charge in [-0.2, -0.15) is 0 Å². The minimum absolute atomic E-state index is 0.0555. The molecular formula is C20H28N2O4S. The highest BCUT2D eigenvalue weighted by molar-refractivity contribution is 7.90. The van der Waals surface area contributed by atoms with Crippen LogP contribution in [0.4, 0.5) is 0 Å². The van der Waals surface area contributed by atoms with E-state index in [0.29, 0.717) is 61.6 Å². The Labute approximate surface area is 161 Å². The van der Waals surface area contributed by atoms with Gasteiger partial charge in [0.05, 0.1) is 10.6 Å². The van der Waals surface area contributed by atoms with E-state index in [9.17, 15) is 18.0 Å². The zero-order chi connectivity index (χ0) is 19.4. The van der Waals surface area contributed by atoms with E-state index >= 15 is 0 Å². The number of carbonyl (C=O) groups excluding carboxylic acids is 2. The van der Waals surface area contributed by atoms with Crippen molar-refractivity contribution in [2.45, 2.75) is 62.2 Å². The van der Waals surface area contributed by atoms with Crippen LogP contribution in [0.5, 0.6) is 0 Å². The second kappa shape index (κ2) is 8.50. The molecule has 2 heterocycles. The molecule has 1 aromatic heterocycles. The first-order valence-corrected chi connectivity index (χ1v) is 11.7. The normalized spacial score (nSPS) is 22.0. The Balaban J connectivity index is 1.55. The van der Waals surface area contributed by atoms with Gasteiger partial charge in [-0.15, -0.1) is 0 Å². The summed E-state index contributed by atoms with van der Waals surface area (Å²) in [5.74, 6) is 0.540. The van der Waals surface area contributed by atoms with Crippen LogP contribution in [0.15, 0.2) is 23.2 Å². The third-order valence-electron chi connectivity index (χ3n) is 5.82. The second-order valence-electron chi connectivity index (χ2n) is 7.76. The van der Waals surface area contributed by atoms with E-state index in [1.807, 2.05) is 4.90 Å². The molecule has 6 nitrogen and oxygen atoms in total. The van der Waals surface area contributed by atoms with Crippen molar-refractivity contribution in [3.63, 3.8) is 0 Å². The monoisotopic (exact) mass is 392 g/mol. The number of nitrogens with zero attached hydrogens (tertiary/aromatic N) is 2. The van der Waals surface area contributed by atoms with Gasteiger partial charge in [-0.1, -0.05) is 6.42 Å². The molecule has 1 saturated carbocycles. The fourth-order valence-corrected chi connectivity index (χ4v) is 5.17. The Bertz CT molecular complexity index is 798. The van der Waals surface area contributed by atoms with Gasteiger partial charge in [-0.3, -0.25) is 14.6 Å². The number of sulfone groups is 1. The zero-order valence-corrected chi connectivity index (χ0v) is 16.7. The zero-order valence-electron chi connectivity index (χ0n) is 15.9. The summed E-state index contributed by atoms with van der Waals surface area (Å²) in [4.78, 5) is 30.9. The molecule has 2 aliphatic rings. The smallest absolute Gasteiger partial charge is 0.222 e. The molecule has 148 valence electrons. The number of piperidine rings is 1. The largest absolute Gasteiger partial charge is 0.343 e. The van der Waals surface area contributed by atoms with Crippen LogP contribution in [-0.2, 0) is 19.4 Å². The van der Waals surface area contributed by atoms with Crippen LogP contribution in [0.1, 0.15) is 63.0 Å². The highest BCUT2D eigenvalue weighted by Gasteiger charge is 2.29. The third kappa shape index (κ3) is 4.94. The highest BCUT2D eigenvalue weighted by Crippen LogP contribution is 2.31. The maximum Gasteiger partial charge on any atom is 0.222 e. The lowest BCUT2D eigenvalue weighted by atomic mass is 9.84. The number of hydrogen-bond acceptors (Lipinski definition) is 5. The van der Waals surface area contributed by atoms with Crippen molar-refractivity contribution in [2.24, 2.45) is 5.92 Å². The van der Waals surface area contributed by atoms with Gasteiger partial charge in [-0.25, -0.2) is 8.42 Å². The summed E-state index contributed by atoms with van der Waals surface area (Å²) in [6, 6.07) is 3.25. The van der Waals surface area contributed by atoms with Gasteiger partial charge in [0.25, 0.3) is 0 Å². The number of carbonyl (C=O) groups is 2. The van der Waals surface area contributed by atoms with Gasteiger partial charge < -0.3 is 4.90 Å². The summed E-state index contributed by atoms with van der Waals surface area (Å²) < 4.78 is 24.0. The Morgan fingerprint density at radius 2 is 1.96 bits per heavy atom. The van der Waals surface area contributed by atoms with Gasteiger partial charge in [0, 0.05) is 50.2 Å². The van der Waals surface area contributed by atoms with Crippen molar-refractivity contribution in [1.29, 1.82) is 0 Å². The highest BCUT2D eigenvalue weighted by atomic mass is 32.2. The number of aromatic nitrogens is 1. The summed E-state index contributed by atoms with van der Waals surface area (Å²) in [6.45, 7) is 1.23. The number of amides is 1. The Morgan fingerprint density at radius 3 is 2.63 bits per heavy atom. The lowest BCUT2D eigenvalue weighted by molar-refractivity contribution is -0.133. The van der Waals surface area contributed by atoms with Crippen molar-refractivity contribution in [2.75, 3.05) is 19.3 Å². The molecule has 1 aliphatic carbocycles. The molecular weight excluding hydrogens is 364 g/mol. The molecule has 1 atom stereocenters. The molecule has 1 unspecified atom stereocenters. The molecule has 3 rings (SSSR count). The fraction of sp³-hybridized carbons (Fsp3) is 0.650. The second-order valence-corrected chi connectivity index (χ2v) is 9.75. The van der Waals surface area contributed by atoms with Crippen molar-refractivity contribution < 1.29 is 18.0 Å². The number of pyridine rings is 1. The first kappa shape index (κ1) is 20.0. The van der Waals surface area contributed by atoms with Crippen LogP contribution in [0.2, 0.25) is 0 Å². The topological polar surface area (TPSA) is 84.4 Å². The van der Waals surface area contributed by atoms with E-state index in [4.69, 9.17) is 0 Å². The lowest BCUT2D eigenvalue weighted by Crippen LogP contribution is -2.38. The van der Waals surface area contributed by atoms with Gasteiger partial charge in [-0.05, 0) is 44.2 Å². The summed E-state index contributed by atoms with van der Waals surface area (Å²) in [7, 11) is -3.31. The molecule has 1 amide bonds. The van der Waals surface area contributed by atoms with Crippen molar-refractivity contribution in [3.05, 3.63) is 24.0 Å². The minimum Gasteiger partial charge on any atom is -0.343 e. The summed E-state index contributed by atoms with van der Waals surface area (Å²) >= 11 is 0. The van der Waals surface area contributed by atoms with Crippen LogP contribution in [0.25, 0.3) is 0 Å². The summed E-state index contributed by atoms with van der Waals surface area (Å²) in [5.41, 5.74) is 0.625. The van der Waals surface area contributed by atoms with E-state index in [0.717, 1.165) is 19.3 Å². The molecule has 0 radical (unpaired) electrons. The Kier molecular flexibility index (Phi) is 6.29. The molecule has 0 N–H and O–H groups in total. The first-order valence-electron chi connectivity index (χ1n) is 9.81. The first-order chi connectivity index (χ1) is 12.9. The quantitative estimate of drug-likeness (QED) is 0.769. The number of rotatable bonds is 5. The minimum atomic E-state index is -3.31. The molecule has 2 fully saturated rings. The van der Waals surface area contributed by atoms with Gasteiger partial charge in [0.15, 0.2) is 9.84 Å². The average Bonchev–Trinajstić information content (AvgIpc) is 2.66.